The van der Waals surface area contributed by atoms with Crippen LogP contribution in [0.15, 0.2) is 59.5 Å². The molecule has 0 spiro atoms. The van der Waals surface area contributed by atoms with Crippen LogP contribution in [-0.4, -0.2) is 14.3 Å². The number of benzene rings is 2. The maximum atomic E-state index is 12.0. The van der Waals surface area contributed by atoms with Gasteiger partial charge in [0.05, 0.1) is 4.90 Å². The van der Waals surface area contributed by atoms with Gasteiger partial charge >= 0.3 is 18.9 Å². The first-order chi connectivity index (χ1) is 8.99. The van der Waals surface area contributed by atoms with Gasteiger partial charge in [-0.15, -0.1) is 0 Å². The molecule has 20 heavy (non-hydrogen) atoms. The maximum absolute atomic E-state index is 12.0. The molecule has 2 rings (SSSR count). The van der Waals surface area contributed by atoms with Crippen LogP contribution in [0.5, 0.6) is 0 Å². The van der Waals surface area contributed by atoms with Crippen molar-refractivity contribution in [3.8, 4) is 0 Å². The molecule has 0 saturated heterocycles. The summed E-state index contributed by atoms with van der Waals surface area (Å²) >= 11 is 0. The molecule has 0 heterocycles. The molecule has 100 valence electrons. The molecule has 0 fully saturated rings. The zero-order valence-electron chi connectivity index (χ0n) is 12.3. The van der Waals surface area contributed by atoms with E-state index in [1.54, 1.807) is 42.5 Å². The van der Waals surface area contributed by atoms with Crippen LogP contribution in [-0.2, 0) is 10.0 Å². The first-order valence-electron chi connectivity index (χ1n) is 5.68. The Kier molecular flexibility index (Phi) is 5.58. The number of aryl methyl sites for hydroxylation is 1. The predicted molar refractivity (Wildman–Crippen MR) is 73.4 cm³/mol. The van der Waals surface area contributed by atoms with Crippen molar-refractivity contribution in [2.24, 2.45) is 0 Å². The van der Waals surface area contributed by atoms with E-state index in [-0.39, 0.29) is 25.2 Å². The van der Waals surface area contributed by atoms with Crippen LogP contribution in [0.1, 0.15) is 17.3 Å². The van der Waals surface area contributed by atoms with Gasteiger partial charge in [-0.3, -0.25) is 4.79 Å². The number of carbonyl (C=O) groups excluding carboxylic acids is 1. The fraction of sp³-hybridized carbons (Fsp3) is 0.0714. The molecule has 0 saturated carbocycles. The summed E-state index contributed by atoms with van der Waals surface area (Å²) in [6.45, 7) is 1.86. The maximum Gasteiger partial charge on any atom is 1.00 e. The topological polar surface area (TPSA) is 63.2 Å². The van der Waals surface area contributed by atoms with E-state index < -0.39 is 15.9 Å². The molecule has 0 unspecified atom stereocenters. The standard InChI is InChI=1S/C14H13NO3S.Li.H/c1-11-7-9-13(10-8-11)19(17,18)15-14(16)12-5-3-2-4-6-12;;/h2-10H,1H3,(H,15,16);;/q;+1;-1. The van der Waals surface area contributed by atoms with E-state index in [0.29, 0.717) is 5.56 Å². The molecular weight excluding hydrogens is 269 g/mol. The summed E-state index contributed by atoms with van der Waals surface area (Å²) in [5, 5.41) is 0. The Labute approximate surface area is 131 Å². The quantitative estimate of drug-likeness (QED) is 0.753. The van der Waals surface area contributed by atoms with Gasteiger partial charge in [0, 0.05) is 5.56 Å². The summed E-state index contributed by atoms with van der Waals surface area (Å²) in [4.78, 5) is 11.9. The van der Waals surface area contributed by atoms with Crippen molar-refractivity contribution in [2.45, 2.75) is 11.8 Å². The van der Waals surface area contributed by atoms with Crippen molar-refractivity contribution < 1.29 is 33.5 Å². The number of amides is 1. The molecule has 0 aliphatic rings. The van der Waals surface area contributed by atoms with Crippen molar-refractivity contribution in [2.75, 3.05) is 0 Å². The minimum Gasteiger partial charge on any atom is -1.00 e. The third-order valence-corrected chi connectivity index (χ3v) is 3.94. The minimum absolute atomic E-state index is 0. The zero-order valence-corrected chi connectivity index (χ0v) is 12.1. The summed E-state index contributed by atoms with van der Waals surface area (Å²) in [7, 11) is -3.82. The van der Waals surface area contributed by atoms with Crippen LogP contribution in [0.2, 0.25) is 0 Å². The molecule has 0 atom stereocenters. The third-order valence-electron chi connectivity index (χ3n) is 2.59. The zero-order chi connectivity index (χ0) is 13.9. The van der Waals surface area contributed by atoms with E-state index >= 15 is 0 Å². The average molecular weight is 283 g/mol. The van der Waals surface area contributed by atoms with Gasteiger partial charge in [-0.05, 0) is 31.2 Å². The van der Waals surface area contributed by atoms with E-state index in [0.717, 1.165) is 5.56 Å². The number of carbonyl (C=O) groups is 1. The molecule has 2 aromatic rings. The van der Waals surface area contributed by atoms with Gasteiger partial charge in [0.15, 0.2) is 0 Å². The molecule has 0 bridgehead atoms. The average Bonchev–Trinajstić information content (AvgIpc) is 2.40. The van der Waals surface area contributed by atoms with Crippen LogP contribution < -0.4 is 23.6 Å². The fourth-order valence-electron chi connectivity index (χ4n) is 1.55. The van der Waals surface area contributed by atoms with Gasteiger partial charge < -0.3 is 1.43 Å². The van der Waals surface area contributed by atoms with Crippen molar-refractivity contribution in [1.82, 2.24) is 4.72 Å². The van der Waals surface area contributed by atoms with Gasteiger partial charge in [-0.2, -0.15) is 0 Å². The van der Waals surface area contributed by atoms with Gasteiger partial charge in [-0.1, -0.05) is 35.9 Å². The molecule has 4 nitrogen and oxygen atoms in total. The van der Waals surface area contributed by atoms with Crippen molar-refractivity contribution in [3.63, 3.8) is 0 Å². The predicted octanol–water partition coefficient (Wildman–Crippen LogP) is -0.770. The molecule has 1 N–H and O–H groups in total. The summed E-state index contributed by atoms with van der Waals surface area (Å²) < 4.78 is 26.0. The number of rotatable bonds is 3. The summed E-state index contributed by atoms with van der Waals surface area (Å²) in [6, 6.07) is 14.5. The van der Waals surface area contributed by atoms with Crippen LogP contribution in [0, 0.1) is 6.92 Å². The number of hydrogen-bond acceptors (Lipinski definition) is 3. The second-order valence-electron chi connectivity index (χ2n) is 4.11. The first kappa shape index (κ1) is 16.5. The van der Waals surface area contributed by atoms with Gasteiger partial charge in [0.1, 0.15) is 0 Å². The Morgan fingerprint density at radius 2 is 1.55 bits per heavy atom. The Morgan fingerprint density at radius 1 is 1.00 bits per heavy atom. The van der Waals surface area contributed by atoms with Crippen LogP contribution in [0.3, 0.4) is 0 Å². The smallest absolute Gasteiger partial charge is 1.00 e. The van der Waals surface area contributed by atoms with Gasteiger partial charge in [0.2, 0.25) is 0 Å². The Bertz CT molecular complexity index is 688. The second-order valence-corrected chi connectivity index (χ2v) is 5.80. The van der Waals surface area contributed by atoms with E-state index in [1.165, 1.54) is 12.1 Å². The van der Waals surface area contributed by atoms with Crippen LogP contribution in [0.25, 0.3) is 0 Å². The second kappa shape index (κ2) is 6.75. The molecule has 0 aliphatic carbocycles. The summed E-state index contributed by atoms with van der Waals surface area (Å²) in [6.07, 6.45) is 0. The normalized spacial score (nSPS) is 10.4. The summed E-state index contributed by atoms with van der Waals surface area (Å²) in [5.74, 6) is -0.638. The Hall–Kier alpha value is -1.54. The molecular formula is C14H14LiNO3S. The minimum atomic E-state index is -3.82. The Balaban J connectivity index is 0.00000200. The number of sulfonamides is 1. The largest absolute Gasteiger partial charge is 1.00 e. The molecule has 6 heteroatoms. The third kappa shape index (κ3) is 3.97. The number of nitrogens with one attached hydrogen (secondary N) is 1. The first-order valence-corrected chi connectivity index (χ1v) is 7.16. The Morgan fingerprint density at radius 3 is 2.10 bits per heavy atom. The van der Waals surface area contributed by atoms with Crippen LogP contribution >= 0.6 is 0 Å². The SMILES string of the molecule is Cc1ccc(S(=O)(=O)NC(=O)c2ccccc2)cc1.[H-].[Li+]. The van der Waals surface area contributed by atoms with Crippen molar-refractivity contribution >= 4 is 15.9 Å². The van der Waals surface area contributed by atoms with E-state index in [4.69, 9.17) is 0 Å². The van der Waals surface area contributed by atoms with Crippen molar-refractivity contribution in [3.05, 3.63) is 65.7 Å². The van der Waals surface area contributed by atoms with E-state index in [1.807, 2.05) is 11.6 Å². The van der Waals surface area contributed by atoms with Gasteiger partial charge in [0.25, 0.3) is 15.9 Å². The monoisotopic (exact) mass is 283 g/mol. The number of hydrogen-bond donors (Lipinski definition) is 1. The van der Waals surface area contributed by atoms with Crippen molar-refractivity contribution in [1.29, 1.82) is 0 Å². The summed E-state index contributed by atoms with van der Waals surface area (Å²) in [5.41, 5.74) is 1.26. The molecule has 0 radical (unpaired) electrons. The van der Waals surface area contributed by atoms with E-state index in [9.17, 15) is 13.2 Å². The van der Waals surface area contributed by atoms with Gasteiger partial charge in [-0.25, -0.2) is 13.1 Å². The fourth-order valence-corrected chi connectivity index (χ4v) is 2.52. The molecule has 0 aliphatic heterocycles. The molecule has 2 aromatic carbocycles. The molecule has 0 aromatic heterocycles. The molecule has 1 amide bonds. The van der Waals surface area contributed by atoms with Crippen LogP contribution in [0.4, 0.5) is 0 Å². The van der Waals surface area contributed by atoms with E-state index in [2.05, 4.69) is 0 Å².